The zero-order valence-electron chi connectivity index (χ0n) is 16.3. The average molecular weight is 395 g/mol. The fourth-order valence-electron chi connectivity index (χ4n) is 5.30. The van der Waals surface area contributed by atoms with Gasteiger partial charge in [0.1, 0.15) is 29.1 Å². The number of nitrogens with zero attached hydrogens (tertiary/aromatic N) is 1. The number of nitriles is 1. The molecule has 2 aromatic rings. The quantitative estimate of drug-likeness (QED) is 0.507. The molecule has 0 aromatic heterocycles. The fourth-order valence-corrected chi connectivity index (χ4v) is 5.30. The molecule has 0 radical (unpaired) electrons. The lowest BCUT2D eigenvalue weighted by Gasteiger charge is -2.41. The van der Waals surface area contributed by atoms with Crippen LogP contribution in [0, 0.1) is 46.5 Å². The lowest BCUT2D eigenvalue weighted by atomic mass is 9.64. The van der Waals surface area contributed by atoms with Crippen LogP contribution in [0.1, 0.15) is 55.6 Å². The van der Waals surface area contributed by atoms with E-state index in [4.69, 9.17) is 5.26 Å². The highest BCUT2D eigenvalue weighted by Crippen LogP contribution is 2.48. The molecule has 0 aliphatic heterocycles. The van der Waals surface area contributed by atoms with E-state index in [2.05, 4.69) is 12.7 Å². The molecule has 4 rings (SSSR count). The summed E-state index contributed by atoms with van der Waals surface area (Å²) in [6.07, 6.45) is 9.00. The van der Waals surface area contributed by atoms with Crippen molar-refractivity contribution in [2.24, 2.45) is 17.8 Å². The van der Waals surface area contributed by atoms with Gasteiger partial charge in [-0.25, -0.2) is 13.2 Å². The summed E-state index contributed by atoms with van der Waals surface area (Å²) >= 11 is 0. The topological polar surface area (TPSA) is 23.8 Å². The Hall–Kier alpha value is -2.54. The Bertz CT molecular complexity index is 952. The summed E-state index contributed by atoms with van der Waals surface area (Å²) in [5.74, 6) is -0.0271. The van der Waals surface area contributed by atoms with Crippen LogP contribution in [0.25, 0.3) is 11.1 Å². The molecule has 0 saturated heterocycles. The van der Waals surface area contributed by atoms with E-state index in [-0.39, 0.29) is 11.1 Å². The van der Waals surface area contributed by atoms with Gasteiger partial charge in [-0.15, -0.1) is 6.58 Å². The van der Waals surface area contributed by atoms with E-state index in [1.807, 2.05) is 6.07 Å². The van der Waals surface area contributed by atoms with Crippen LogP contribution in [-0.2, 0) is 0 Å². The molecule has 2 saturated carbocycles. The zero-order valence-corrected chi connectivity index (χ0v) is 16.3. The average Bonchev–Trinajstić information content (AvgIpc) is 2.72. The molecule has 2 aliphatic carbocycles. The number of allylic oxidation sites excluding steroid dienone is 1. The maximum absolute atomic E-state index is 14.8. The van der Waals surface area contributed by atoms with Gasteiger partial charge in [0.2, 0.25) is 0 Å². The third kappa shape index (κ3) is 3.83. The number of benzene rings is 2. The maximum Gasteiger partial charge on any atom is 0.144 e. The van der Waals surface area contributed by atoms with Gasteiger partial charge in [0.25, 0.3) is 0 Å². The van der Waals surface area contributed by atoms with Crippen molar-refractivity contribution in [2.45, 2.75) is 44.4 Å². The van der Waals surface area contributed by atoms with Gasteiger partial charge in [-0.3, -0.25) is 0 Å². The first kappa shape index (κ1) is 19.8. The van der Waals surface area contributed by atoms with Gasteiger partial charge in [-0.05, 0) is 91.5 Å². The van der Waals surface area contributed by atoms with Crippen molar-refractivity contribution >= 4 is 0 Å². The summed E-state index contributed by atoms with van der Waals surface area (Å²) in [5, 5.41) is 8.80. The van der Waals surface area contributed by atoms with E-state index >= 15 is 0 Å². The molecule has 4 unspecified atom stereocenters. The Balaban J connectivity index is 1.54. The minimum atomic E-state index is -0.973. The Kier molecular flexibility index (Phi) is 5.50. The molecular weight excluding hydrogens is 371 g/mol. The standard InChI is InChI=1S/C25H24F3N/c1-2-15-3-4-17-10-18(6-5-16(17)9-15)19-7-8-21(23(26)11-19)20-12-24(27)22(14-29)25(28)13-20/h2,7-8,11-13,15-18H,1,3-6,9-10H2. The second kappa shape index (κ2) is 8.06. The fraction of sp³-hybridized carbons (Fsp3) is 0.400. The van der Waals surface area contributed by atoms with Crippen LogP contribution in [0.3, 0.4) is 0 Å². The van der Waals surface area contributed by atoms with Gasteiger partial charge >= 0.3 is 0 Å². The zero-order chi connectivity index (χ0) is 20.5. The number of hydrogen-bond donors (Lipinski definition) is 0. The summed E-state index contributed by atoms with van der Waals surface area (Å²) in [6.45, 7) is 3.94. The summed E-state index contributed by atoms with van der Waals surface area (Å²) in [7, 11) is 0. The molecule has 0 bridgehead atoms. The van der Waals surface area contributed by atoms with E-state index in [1.54, 1.807) is 6.07 Å². The highest BCUT2D eigenvalue weighted by molar-refractivity contribution is 5.66. The summed E-state index contributed by atoms with van der Waals surface area (Å²) in [4.78, 5) is 0. The molecule has 2 fully saturated rings. The van der Waals surface area contributed by atoms with E-state index in [0.717, 1.165) is 42.9 Å². The Labute approximate surface area is 169 Å². The largest absolute Gasteiger partial charge is 0.206 e. The summed E-state index contributed by atoms with van der Waals surface area (Å²) in [5.41, 5.74) is 0.574. The number of fused-ring (bicyclic) bond motifs is 1. The predicted octanol–water partition coefficient (Wildman–Crippen LogP) is 7.13. The molecule has 1 nitrogen and oxygen atoms in total. The Morgan fingerprint density at radius 2 is 1.59 bits per heavy atom. The smallest absolute Gasteiger partial charge is 0.144 e. The van der Waals surface area contributed by atoms with Crippen molar-refractivity contribution < 1.29 is 13.2 Å². The minimum absolute atomic E-state index is 0.106. The van der Waals surface area contributed by atoms with Crippen LogP contribution < -0.4 is 0 Å². The molecule has 0 spiro atoms. The molecular formula is C25H24F3N. The lowest BCUT2D eigenvalue weighted by molar-refractivity contribution is 0.133. The van der Waals surface area contributed by atoms with Gasteiger partial charge in [-0.1, -0.05) is 18.2 Å². The van der Waals surface area contributed by atoms with Crippen molar-refractivity contribution in [1.82, 2.24) is 0 Å². The monoisotopic (exact) mass is 395 g/mol. The van der Waals surface area contributed by atoms with Crippen molar-refractivity contribution in [3.63, 3.8) is 0 Å². The maximum atomic E-state index is 14.8. The van der Waals surface area contributed by atoms with Crippen LogP contribution >= 0.6 is 0 Å². The lowest BCUT2D eigenvalue weighted by Crippen LogP contribution is -2.29. The van der Waals surface area contributed by atoms with Crippen LogP contribution in [0.15, 0.2) is 43.0 Å². The van der Waals surface area contributed by atoms with Gasteiger partial charge in [0, 0.05) is 5.56 Å². The number of hydrogen-bond acceptors (Lipinski definition) is 1. The van der Waals surface area contributed by atoms with Gasteiger partial charge < -0.3 is 0 Å². The SMILES string of the molecule is C=CC1CCC2CC(c3ccc(-c4cc(F)c(C#N)c(F)c4)c(F)c3)CCC2C1. The second-order valence-electron chi connectivity index (χ2n) is 8.50. The summed E-state index contributed by atoms with van der Waals surface area (Å²) < 4.78 is 42.7. The first-order chi connectivity index (χ1) is 14.0. The van der Waals surface area contributed by atoms with Crippen LogP contribution in [-0.4, -0.2) is 0 Å². The normalized spacial score (nSPS) is 26.4. The van der Waals surface area contributed by atoms with Crippen molar-refractivity contribution in [1.29, 1.82) is 5.26 Å². The van der Waals surface area contributed by atoms with Gasteiger partial charge in [0.05, 0.1) is 0 Å². The molecule has 4 atom stereocenters. The molecule has 29 heavy (non-hydrogen) atoms. The molecule has 0 amide bonds. The van der Waals surface area contributed by atoms with E-state index in [1.165, 1.54) is 31.4 Å². The molecule has 2 aromatic carbocycles. The van der Waals surface area contributed by atoms with Crippen LogP contribution in [0.2, 0.25) is 0 Å². The van der Waals surface area contributed by atoms with Crippen LogP contribution in [0.5, 0.6) is 0 Å². The Morgan fingerprint density at radius 3 is 2.24 bits per heavy atom. The van der Waals surface area contributed by atoms with E-state index in [0.29, 0.717) is 17.8 Å². The Morgan fingerprint density at radius 1 is 0.897 bits per heavy atom. The van der Waals surface area contributed by atoms with Crippen molar-refractivity contribution in [2.75, 3.05) is 0 Å². The second-order valence-corrected chi connectivity index (χ2v) is 8.50. The van der Waals surface area contributed by atoms with E-state index < -0.39 is 23.0 Å². The van der Waals surface area contributed by atoms with Crippen molar-refractivity contribution in [3.8, 4) is 17.2 Å². The molecule has 0 N–H and O–H groups in total. The number of rotatable bonds is 3. The minimum Gasteiger partial charge on any atom is -0.206 e. The number of halogens is 3. The van der Waals surface area contributed by atoms with Gasteiger partial charge in [0.15, 0.2) is 0 Å². The van der Waals surface area contributed by atoms with E-state index in [9.17, 15) is 13.2 Å². The molecule has 150 valence electrons. The third-order valence-corrected chi connectivity index (χ3v) is 6.92. The predicted molar refractivity (Wildman–Crippen MR) is 108 cm³/mol. The highest BCUT2D eigenvalue weighted by Gasteiger charge is 2.35. The first-order valence-corrected chi connectivity index (χ1v) is 10.3. The summed E-state index contributed by atoms with van der Waals surface area (Å²) in [6, 6.07) is 8.52. The van der Waals surface area contributed by atoms with Gasteiger partial charge in [-0.2, -0.15) is 5.26 Å². The highest BCUT2D eigenvalue weighted by atomic mass is 19.1. The molecule has 2 aliphatic rings. The van der Waals surface area contributed by atoms with Crippen LogP contribution in [0.4, 0.5) is 13.2 Å². The van der Waals surface area contributed by atoms with Crippen molar-refractivity contribution in [3.05, 3.63) is 71.6 Å². The molecule has 0 heterocycles. The molecule has 4 heteroatoms. The third-order valence-electron chi connectivity index (χ3n) is 6.92. The first-order valence-electron chi connectivity index (χ1n) is 10.3.